The normalized spacial score (nSPS) is 11.4. The smallest absolute Gasteiger partial charge is 0.242 e. The second kappa shape index (κ2) is 9.73. The van der Waals surface area contributed by atoms with Gasteiger partial charge in [-0.25, -0.2) is 12.7 Å². The Kier molecular flexibility index (Phi) is 7.65. The van der Waals surface area contributed by atoms with Crippen molar-refractivity contribution >= 4 is 27.5 Å². The van der Waals surface area contributed by atoms with E-state index in [1.165, 1.54) is 26.2 Å². The number of nitrogens with zero attached hydrogens (tertiary/aromatic N) is 1. The number of ether oxygens (including phenoxy) is 1. The highest BCUT2D eigenvalue weighted by atomic mass is 35.5. The lowest BCUT2D eigenvalue weighted by atomic mass is 10.1. The molecule has 6 nitrogen and oxygen atoms in total. The van der Waals surface area contributed by atoms with Crippen LogP contribution >= 0.6 is 11.6 Å². The summed E-state index contributed by atoms with van der Waals surface area (Å²) in [7, 11) is -0.485. The molecule has 0 unspecified atom stereocenters. The molecule has 27 heavy (non-hydrogen) atoms. The highest BCUT2D eigenvalue weighted by Crippen LogP contribution is 2.18. The maximum absolute atomic E-state index is 12.0. The van der Waals surface area contributed by atoms with Gasteiger partial charge in [0.25, 0.3) is 0 Å². The summed E-state index contributed by atoms with van der Waals surface area (Å²) in [4.78, 5) is 12.1. The van der Waals surface area contributed by atoms with Crippen molar-refractivity contribution in [2.24, 2.45) is 0 Å². The predicted molar refractivity (Wildman–Crippen MR) is 106 cm³/mol. The Morgan fingerprint density at radius 1 is 1.07 bits per heavy atom. The summed E-state index contributed by atoms with van der Waals surface area (Å²) in [5.41, 5.74) is 1.05. The van der Waals surface area contributed by atoms with Crippen molar-refractivity contribution in [1.82, 2.24) is 9.62 Å². The van der Waals surface area contributed by atoms with E-state index < -0.39 is 10.0 Å². The fourth-order valence-electron chi connectivity index (χ4n) is 2.28. The number of amides is 1. The minimum Gasteiger partial charge on any atom is -0.492 e. The topological polar surface area (TPSA) is 75.7 Å². The molecule has 1 amide bonds. The number of carbonyl (C=O) groups excluding carboxylic acids is 1. The van der Waals surface area contributed by atoms with E-state index in [0.717, 1.165) is 9.87 Å². The minimum absolute atomic E-state index is 0.0547. The zero-order valence-electron chi connectivity index (χ0n) is 15.3. The lowest BCUT2D eigenvalue weighted by Gasteiger charge is -2.12. The lowest BCUT2D eigenvalue weighted by molar-refractivity contribution is -0.121. The molecule has 146 valence electrons. The van der Waals surface area contributed by atoms with E-state index in [-0.39, 0.29) is 10.8 Å². The standard InChI is InChI=1S/C19H23ClN2O4S/c1-22(2)27(24,25)18-10-8-17(9-11-18)26-14-13-21-19(23)12-5-15-3-6-16(20)7-4-15/h3-4,6-11H,5,12-14H2,1-2H3,(H,21,23). The van der Waals surface area contributed by atoms with Crippen LogP contribution in [0.15, 0.2) is 53.4 Å². The van der Waals surface area contributed by atoms with E-state index in [4.69, 9.17) is 16.3 Å². The highest BCUT2D eigenvalue weighted by Gasteiger charge is 2.16. The van der Waals surface area contributed by atoms with Crippen molar-refractivity contribution in [3.8, 4) is 5.75 Å². The van der Waals surface area contributed by atoms with Crippen LogP contribution in [0, 0.1) is 0 Å². The van der Waals surface area contributed by atoms with Gasteiger partial charge in [-0.1, -0.05) is 23.7 Å². The van der Waals surface area contributed by atoms with Gasteiger partial charge in [0, 0.05) is 25.5 Å². The van der Waals surface area contributed by atoms with E-state index in [1.54, 1.807) is 24.3 Å². The maximum atomic E-state index is 12.0. The van der Waals surface area contributed by atoms with Crippen LogP contribution in [0.2, 0.25) is 5.02 Å². The summed E-state index contributed by atoms with van der Waals surface area (Å²) < 4.78 is 30.7. The first-order valence-corrected chi connectivity index (χ1v) is 10.3. The van der Waals surface area contributed by atoms with Gasteiger partial charge in [0.1, 0.15) is 12.4 Å². The van der Waals surface area contributed by atoms with Crippen molar-refractivity contribution in [3.05, 3.63) is 59.1 Å². The molecule has 0 spiro atoms. The van der Waals surface area contributed by atoms with E-state index in [9.17, 15) is 13.2 Å². The third-order valence-corrected chi connectivity index (χ3v) is 5.93. The minimum atomic E-state index is -3.45. The number of sulfonamides is 1. The van der Waals surface area contributed by atoms with E-state index >= 15 is 0 Å². The van der Waals surface area contributed by atoms with Gasteiger partial charge in [-0.15, -0.1) is 0 Å². The molecular weight excluding hydrogens is 388 g/mol. The van der Waals surface area contributed by atoms with Crippen LogP contribution in [0.4, 0.5) is 0 Å². The summed E-state index contributed by atoms with van der Waals surface area (Å²) >= 11 is 5.83. The van der Waals surface area contributed by atoms with Crippen molar-refractivity contribution in [2.45, 2.75) is 17.7 Å². The summed E-state index contributed by atoms with van der Waals surface area (Å²) in [6.45, 7) is 0.670. The number of hydrogen-bond donors (Lipinski definition) is 1. The molecule has 0 aliphatic heterocycles. The average molecular weight is 411 g/mol. The quantitative estimate of drug-likeness (QED) is 0.645. The zero-order valence-corrected chi connectivity index (χ0v) is 16.9. The molecule has 0 saturated heterocycles. The van der Waals surface area contributed by atoms with E-state index in [2.05, 4.69) is 5.32 Å². The fourth-order valence-corrected chi connectivity index (χ4v) is 3.30. The number of benzene rings is 2. The van der Waals surface area contributed by atoms with Gasteiger partial charge >= 0.3 is 0 Å². The molecular formula is C19H23ClN2O4S. The van der Waals surface area contributed by atoms with Gasteiger partial charge in [-0.2, -0.15) is 0 Å². The molecule has 8 heteroatoms. The molecule has 0 aliphatic carbocycles. The Morgan fingerprint density at radius 3 is 2.30 bits per heavy atom. The number of halogens is 1. The van der Waals surface area contributed by atoms with Gasteiger partial charge in [0.05, 0.1) is 11.4 Å². The SMILES string of the molecule is CN(C)S(=O)(=O)c1ccc(OCCNC(=O)CCc2ccc(Cl)cc2)cc1. The Labute approximate surface area is 165 Å². The molecule has 0 bridgehead atoms. The van der Waals surface area contributed by atoms with Crippen LogP contribution < -0.4 is 10.1 Å². The van der Waals surface area contributed by atoms with Crippen LogP contribution in [0.5, 0.6) is 5.75 Å². The average Bonchev–Trinajstić information content (AvgIpc) is 2.65. The molecule has 2 aromatic rings. The molecule has 2 rings (SSSR count). The van der Waals surface area contributed by atoms with Crippen molar-refractivity contribution < 1.29 is 17.9 Å². The summed E-state index contributed by atoms with van der Waals surface area (Å²) in [5, 5.41) is 3.47. The first kappa shape index (κ1) is 21.2. The molecule has 0 fully saturated rings. The van der Waals surface area contributed by atoms with Crippen LogP contribution in [0.25, 0.3) is 0 Å². The maximum Gasteiger partial charge on any atom is 0.242 e. The van der Waals surface area contributed by atoms with Crippen molar-refractivity contribution in [2.75, 3.05) is 27.2 Å². The fraction of sp³-hybridized carbons (Fsp3) is 0.316. The lowest BCUT2D eigenvalue weighted by Crippen LogP contribution is -2.28. The zero-order chi connectivity index (χ0) is 19.9. The monoisotopic (exact) mass is 410 g/mol. The first-order chi connectivity index (χ1) is 12.8. The number of rotatable bonds is 9. The van der Waals surface area contributed by atoms with Gasteiger partial charge < -0.3 is 10.1 Å². The predicted octanol–water partition coefficient (Wildman–Crippen LogP) is 2.72. The molecule has 1 N–H and O–H groups in total. The summed E-state index contributed by atoms with van der Waals surface area (Å²) in [6, 6.07) is 13.6. The molecule has 0 heterocycles. The van der Waals surface area contributed by atoms with Gasteiger partial charge in [0.15, 0.2) is 0 Å². The third-order valence-electron chi connectivity index (χ3n) is 3.85. The van der Waals surface area contributed by atoms with Crippen molar-refractivity contribution in [3.63, 3.8) is 0 Å². The Bertz CT molecular complexity index is 850. The number of nitrogens with one attached hydrogen (secondary N) is 1. The second-order valence-electron chi connectivity index (χ2n) is 6.08. The van der Waals surface area contributed by atoms with Crippen molar-refractivity contribution in [1.29, 1.82) is 0 Å². The highest BCUT2D eigenvalue weighted by molar-refractivity contribution is 7.89. The van der Waals surface area contributed by atoms with Gasteiger partial charge in [0.2, 0.25) is 15.9 Å². The van der Waals surface area contributed by atoms with E-state index in [0.29, 0.717) is 36.8 Å². The number of carbonyl (C=O) groups is 1. The van der Waals surface area contributed by atoms with Gasteiger partial charge in [-0.05, 0) is 48.4 Å². The summed E-state index contributed by atoms with van der Waals surface area (Å²) in [5.74, 6) is 0.490. The summed E-state index contributed by atoms with van der Waals surface area (Å²) in [6.07, 6.45) is 1.03. The van der Waals surface area contributed by atoms with Gasteiger partial charge in [-0.3, -0.25) is 4.79 Å². The Morgan fingerprint density at radius 2 is 1.70 bits per heavy atom. The Balaban J connectivity index is 1.70. The molecule has 0 aromatic heterocycles. The third kappa shape index (κ3) is 6.53. The molecule has 0 saturated carbocycles. The second-order valence-corrected chi connectivity index (χ2v) is 8.67. The Hall–Kier alpha value is -2.09. The van der Waals surface area contributed by atoms with E-state index in [1.807, 2.05) is 12.1 Å². The van der Waals surface area contributed by atoms with Crippen LogP contribution in [-0.2, 0) is 21.2 Å². The molecule has 0 aliphatic rings. The first-order valence-electron chi connectivity index (χ1n) is 8.45. The van der Waals surface area contributed by atoms with Crippen LogP contribution in [-0.4, -0.2) is 45.9 Å². The largest absolute Gasteiger partial charge is 0.492 e. The van der Waals surface area contributed by atoms with Crippen LogP contribution in [0.3, 0.4) is 0 Å². The molecule has 2 aromatic carbocycles. The molecule has 0 atom stereocenters. The van der Waals surface area contributed by atoms with Crippen LogP contribution in [0.1, 0.15) is 12.0 Å². The molecule has 0 radical (unpaired) electrons. The number of aryl methyl sites for hydroxylation is 1. The number of hydrogen-bond acceptors (Lipinski definition) is 4.